The molecule has 1 heterocycles. The van der Waals surface area contributed by atoms with Gasteiger partial charge in [-0.1, -0.05) is 42.5 Å². The molecule has 1 aliphatic carbocycles. The van der Waals surface area contributed by atoms with Gasteiger partial charge >= 0.3 is 11.9 Å². The van der Waals surface area contributed by atoms with Crippen molar-refractivity contribution in [2.24, 2.45) is 5.41 Å². The van der Waals surface area contributed by atoms with Crippen LogP contribution >= 0.6 is 0 Å². The van der Waals surface area contributed by atoms with Gasteiger partial charge in [-0.25, -0.2) is 0 Å². The van der Waals surface area contributed by atoms with Gasteiger partial charge in [-0.05, 0) is 29.7 Å². The standard InChI is InChI=1S/C25H26O6/c1-24(2)30-22(26)25(23(27)31-24)20(16-9-6-5-7-10-16)11-8-12-21(25)17-13-18(28-3)15-19(14-17)29-4/h5-11,13-15,20-21H,12H2,1-4H3/t20-,21+/m1/s1. The first-order chi connectivity index (χ1) is 14.8. The Labute approximate surface area is 181 Å². The molecule has 162 valence electrons. The maximum Gasteiger partial charge on any atom is 0.328 e. The highest BCUT2D eigenvalue weighted by Gasteiger charge is 2.65. The molecule has 1 spiro atoms. The molecule has 0 radical (unpaired) electrons. The van der Waals surface area contributed by atoms with Crippen LogP contribution in [-0.2, 0) is 19.1 Å². The van der Waals surface area contributed by atoms with Crippen molar-refractivity contribution < 1.29 is 28.5 Å². The predicted octanol–water partition coefficient (Wildman–Crippen LogP) is 4.35. The molecule has 6 heteroatoms. The minimum atomic E-state index is -1.57. The van der Waals surface area contributed by atoms with Gasteiger partial charge in [0.1, 0.15) is 11.5 Å². The van der Waals surface area contributed by atoms with Gasteiger partial charge in [-0.3, -0.25) is 9.59 Å². The summed E-state index contributed by atoms with van der Waals surface area (Å²) in [6.45, 7) is 3.13. The Morgan fingerprint density at radius 2 is 1.45 bits per heavy atom. The number of hydrogen-bond donors (Lipinski definition) is 0. The Bertz CT molecular complexity index is 981. The average molecular weight is 422 g/mol. The van der Waals surface area contributed by atoms with Crippen LogP contribution in [0.15, 0.2) is 60.7 Å². The van der Waals surface area contributed by atoms with Gasteiger partial charge in [0, 0.05) is 31.7 Å². The van der Waals surface area contributed by atoms with Gasteiger partial charge in [0.25, 0.3) is 5.79 Å². The number of carbonyl (C=O) groups is 2. The largest absolute Gasteiger partial charge is 0.497 e. The van der Waals surface area contributed by atoms with Crippen molar-refractivity contribution in [1.29, 1.82) is 0 Å². The number of ether oxygens (including phenoxy) is 4. The van der Waals surface area contributed by atoms with Gasteiger partial charge in [0.05, 0.1) is 14.2 Å². The van der Waals surface area contributed by atoms with Crippen LogP contribution in [0.4, 0.5) is 0 Å². The van der Waals surface area contributed by atoms with Gasteiger partial charge < -0.3 is 18.9 Å². The van der Waals surface area contributed by atoms with Crippen molar-refractivity contribution in [3.63, 3.8) is 0 Å². The summed E-state index contributed by atoms with van der Waals surface area (Å²) >= 11 is 0. The number of cyclic esters (lactones) is 2. The van der Waals surface area contributed by atoms with E-state index in [2.05, 4.69) is 0 Å². The van der Waals surface area contributed by atoms with Crippen molar-refractivity contribution in [3.05, 3.63) is 71.8 Å². The Kier molecular flexibility index (Phi) is 5.25. The summed E-state index contributed by atoms with van der Waals surface area (Å²) < 4.78 is 22.2. The minimum Gasteiger partial charge on any atom is -0.497 e. The number of allylic oxidation sites excluding steroid dienone is 2. The topological polar surface area (TPSA) is 71.1 Å². The van der Waals surface area contributed by atoms with Crippen LogP contribution < -0.4 is 9.47 Å². The SMILES string of the molecule is COc1cc(OC)cc([C@@H]2CC=C[C@H](c3ccccc3)C23C(=O)OC(C)(C)OC3=O)c1. The highest BCUT2D eigenvalue weighted by molar-refractivity contribution is 6.04. The van der Waals surface area contributed by atoms with E-state index in [9.17, 15) is 9.59 Å². The minimum absolute atomic E-state index is 0.463. The lowest BCUT2D eigenvalue weighted by atomic mass is 9.58. The summed E-state index contributed by atoms with van der Waals surface area (Å²) in [7, 11) is 3.13. The van der Waals surface area contributed by atoms with Crippen LogP contribution in [0.5, 0.6) is 11.5 Å². The van der Waals surface area contributed by atoms with Gasteiger partial charge in [0.2, 0.25) is 0 Å². The Hall–Kier alpha value is -3.28. The molecule has 1 saturated heterocycles. The maximum atomic E-state index is 13.7. The molecule has 2 aromatic carbocycles. The van der Waals surface area contributed by atoms with E-state index in [1.165, 1.54) is 0 Å². The number of benzene rings is 2. The molecule has 1 aliphatic heterocycles. The van der Waals surface area contributed by atoms with Gasteiger partial charge in [-0.15, -0.1) is 0 Å². The fraction of sp³-hybridized carbons (Fsp3) is 0.360. The Morgan fingerprint density at radius 3 is 2.00 bits per heavy atom. The first-order valence-corrected chi connectivity index (χ1v) is 10.2. The summed E-state index contributed by atoms with van der Waals surface area (Å²) in [5.41, 5.74) is 0.0187. The van der Waals surface area contributed by atoms with Crippen LogP contribution in [-0.4, -0.2) is 31.9 Å². The lowest BCUT2D eigenvalue weighted by molar-refractivity contribution is -0.254. The molecule has 1 fully saturated rings. The highest BCUT2D eigenvalue weighted by Crippen LogP contribution is 2.57. The molecule has 2 atom stereocenters. The summed E-state index contributed by atoms with van der Waals surface area (Å²) in [6, 6.07) is 14.9. The second-order valence-corrected chi connectivity index (χ2v) is 8.30. The normalized spacial score (nSPS) is 23.7. The summed E-state index contributed by atoms with van der Waals surface area (Å²) in [5.74, 6) is -2.40. The third-order valence-electron chi connectivity index (χ3n) is 6.03. The van der Waals surface area contributed by atoms with Crippen molar-refractivity contribution in [2.45, 2.75) is 37.9 Å². The van der Waals surface area contributed by atoms with E-state index < -0.39 is 35.0 Å². The van der Waals surface area contributed by atoms with E-state index in [0.29, 0.717) is 17.9 Å². The molecule has 0 unspecified atom stereocenters. The first kappa shape index (κ1) is 21.0. The van der Waals surface area contributed by atoms with Crippen LogP contribution in [0.25, 0.3) is 0 Å². The highest BCUT2D eigenvalue weighted by atomic mass is 16.7. The van der Waals surface area contributed by atoms with E-state index in [0.717, 1.165) is 11.1 Å². The summed E-state index contributed by atoms with van der Waals surface area (Å²) in [6.07, 6.45) is 4.37. The van der Waals surface area contributed by atoms with Gasteiger partial charge in [-0.2, -0.15) is 0 Å². The molecule has 0 saturated carbocycles. The zero-order chi connectivity index (χ0) is 22.2. The molecule has 2 aromatic rings. The van der Waals surface area contributed by atoms with E-state index in [4.69, 9.17) is 18.9 Å². The zero-order valence-corrected chi connectivity index (χ0v) is 18.1. The summed E-state index contributed by atoms with van der Waals surface area (Å²) in [4.78, 5) is 27.3. The molecule has 0 amide bonds. The number of esters is 2. The fourth-order valence-electron chi connectivity index (χ4n) is 4.63. The molecule has 0 N–H and O–H groups in total. The van der Waals surface area contributed by atoms with E-state index in [1.54, 1.807) is 34.1 Å². The van der Waals surface area contributed by atoms with Gasteiger partial charge in [0.15, 0.2) is 5.41 Å². The van der Waals surface area contributed by atoms with Crippen molar-refractivity contribution in [1.82, 2.24) is 0 Å². The van der Waals surface area contributed by atoms with Crippen LogP contribution in [0.3, 0.4) is 0 Å². The molecule has 2 aliphatic rings. The van der Waals surface area contributed by atoms with E-state index >= 15 is 0 Å². The fourth-order valence-corrected chi connectivity index (χ4v) is 4.63. The molecule has 31 heavy (non-hydrogen) atoms. The molecule has 0 bridgehead atoms. The third-order valence-corrected chi connectivity index (χ3v) is 6.03. The second kappa shape index (κ2) is 7.76. The van der Waals surface area contributed by atoms with Crippen molar-refractivity contribution in [3.8, 4) is 11.5 Å². The van der Waals surface area contributed by atoms with Crippen LogP contribution in [0.1, 0.15) is 43.2 Å². The third kappa shape index (κ3) is 3.46. The predicted molar refractivity (Wildman–Crippen MR) is 114 cm³/mol. The zero-order valence-electron chi connectivity index (χ0n) is 18.1. The van der Waals surface area contributed by atoms with Crippen molar-refractivity contribution in [2.75, 3.05) is 14.2 Å². The smallest absolute Gasteiger partial charge is 0.328 e. The quantitative estimate of drug-likeness (QED) is 0.414. The number of hydrogen-bond acceptors (Lipinski definition) is 6. The monoisotopic (exact) mass is 422 g/mol. The Morgan fingerprint density at radius 1 is 0.871 bits per heavy atom. The number of rotatable bonds is 4. The summed E-state index contributed by atoms with van der Waals surface area (Å²) in [5, 5.41) is 0. The molecule has 4 rings (SSSR count). The second-order valence-electron chi connectivity index (χ2n) is 8.30. The van der Waals surface area contributed by atoms with Crippen LogP contribution in [0.2, 0.25) is 0 Å². The van der Waals surface area contributed by atoms with E-state index in [1.807, 2.05) is 54.6 Å². The van der Waals surface area contributed by atoms with E-state index in [-0.39, 0.29) is 0 Å². The molecular weight excluding hydrogens is 396 g/mol. The van der Waals surface area contributed by atoms with Crippen LogP contribution in [0, 0.1) is 5.41 Å². The lowest BCUT2D eigenvalue weighted by Crippen LogP contribution is -2.59. The Balaban J connectivity index is 1.94. The molecular formula is C25H26O6. The van der Waals surface area contributed by atoms with Crippen molar-refractivity contribution >= 4 is 11.9 Å². The first-order valence-electron chi connectivity index (χ1n) is 10.2. The molecule has 0 aromatic heterocycles. The molecule has 6 nitrogen and oxygen atoms in total. The maximum absolute atomic E-state index is 13.7. The lowest BCUT2D eigenvalue weighted by Gasteiger charge is -2.48. The average Bonchev–Trinajstić information content (AvgIpc) is 2.76. The number of carbonyl (C=O) groups excluding carboxylic acids is 2. The number of methoxy groups -OCH3 is 2.